The Labute approximate surface area is 108 Å². The van der Waals surface area contributed by atoms with Crippen LogP contribution >= 0.6 is 0 Å². The lowest BCUT2D eigenvalue weighted by atomic mass is 9.82. The standard InChI is InChI=1S/C16H18O2/c17-12-11-16(9-5-2-6-10-16)14-18-13-15-7-3-1-4-8-15/h1,3-10,12H,2,11,13-14H2. The summed E-state index contributed by atoms with van der Waals surface area (Å²) in [7, 11) is 0. The molecule has 0 bridgehead atoms. The van der Waals surface area contributed by atoms with E-state index in [1.54, 1.807) is 0 Å². The molecule has 2 rings (SSSR count). The van der Waals surface area contributed by atoms with E-state index in [0.29, 0.717) is 19.6 Å². The molecule has 0 saturated heterocycles. The summed E-state index contributed by atoms with van der Waals surface area (Å²) in [6.07, 6.45) is 10.8. The molecule has 0 radical (unpaired) electrons. The summed E-state index contributed by atoms with van der Waals surface area (Å²) >= 11 is 0. The molecule has 0 N–H and O–H groups in total. The molecular formula is C16H18O2. The van der Waals surface area contributed by atoms with Crippen LogP contribution in [0.25, 0.3) is 0 Å². The third kappa shape index (κ3) is 3.41. The molecule has 1 aromatic rings. The molecule has 0 unspecified atom stereocenters. The van der Waals surface area contributed by atoms with Crippen molar-refractivity contribution in [3.05, 3.63) is 60.2 Å². The largest absolute Gasteiger partial charge is 0.376 e. The highest BCUT2D eigenvalue weighted by molar-refractivity contribution is 5.53. The van der Waals surface area contributed by atoms with Crippen molar-refractivity contribution in [2.45, 2.75) is 19.4 Å². The fourth-order valence-corrected chi connectivity index (χ4v) is 2.12. The first-order valence-electron chi connectivity index (χ1n) is 6.25. The van der Waals surface area contributed by atoms with Crippen LogP contribution in [0, 0.1) is 5.41 Å². The van der Waals surface area contributed by atoms with Crippen molar-refractivity contribution >= 4 is 6.29 Å². The minimum absolute atomic E-state index is 0.241. The van der Waals surface area contributed by atoms with Gasteiger partial charge >= 0.3 is 0 Å². The van der Waals surface area contributed by atoms with E-state index in [1.807, 2.05) is 30.3 Å². The van der Waals surface area contributed by atoms with Crippen molar-refractivity contribution in [2.24, 2.45) is 5.41 Å². The lowest BCUT2D eigenvalue weighted by molar-refractivity contribution is -0.109. The molecule has 0 spiro atoms. The van der Waals surface area contributed by atoms with Crippen molar-refractivity contribution in [2.75, 3.05) is 6.61 Å². The molecule has 0 fully saturated rings. The van der Waals surface area contributed by atoms with Crippen molar-refractivity contribution < 1.29 is 9.53 Å². The van der Waals surface area contributed by atoms with E-state index in [4.69, 9.17) is 4.74 Å². The summed E-state index contributed by atoms with van der Waals surface area (Å²) < 4.78 is 5.75. The Morgan fingerprint density at radius 2 is 1.89 bits per heavy atom. The zero-order valence-electron chi connectivity index (χ0n) is 10.4. The summed E-state index contributed by atoms with van der Waals surface area (Å²) in [6.45, 7) is 1.14. The highest BCUT2D eigenvalue weighted by Gasteiger charge is 2.25. The van der Waals surface area contributed by atoms with Gasteiger partial charge in [-0.25, -0.2) is 0 Å². The number of rotatable bonds is 6. The monoisotopic (exact) mass is 242 g/mol. The number of carbonyl (C=O) groups excluding carboxylic acids is 1. The van der Waals surface area contributed by atoms with Gasteiger partial charge in [0.25, 0.3) is 0 Å². The first-order chi connectivity index (χ1) is 8.85. The molecule has 0 aliphatic heterocycles. The highest BCUT2D eigenvalue weighted by atomic mass is 16.5. The maximum absolute atomic E-state index is 10.8. The van der Waals surface area contributed by atoms with E-state index < -0.39 is 0 Å². The van der Waals surface area contributed by atoms with Crippen LogP contribution in [0.15, 0.2) is 54.6 Å². The smallest absolute Gasteiger partial charge is 0.121 e. The highest BCUT2D eigenvalue weighted by Crippen LogP contribution is 2.29. The predicted molar refractivity (Wildman–Crippen MR) is 72.1 cm³/mol. The van der Waals surface area contributed by atoms with Gasteiger partial charge in [-0.05, 0) is 12.0 Å². The zero-order chi connectivity index (χ0) is 12.7. The third-order valence-electron chi connectivity index (χ3n) is 3.12. The van der Waals surface area contributed by atoms with Crippen LogP contribution in [-0.4, -0.2) is 12.9 Å². The van der Waals surface area contributed by atoms with Gasteiger partial charge in [-0.15, -0.1) is 0 Å². The molecule has 94 valence electrons. The Hall–Kier alpha value is -1.67. The minimum Gasteiger partial charge on any atom is -0.376 e. The maximum Gasteiger partial charge on any atom is 0.121 e. The Morgan fingerprint density at radius 3 is 2.56 bits per heavy atom. The van der Waals surface area contributed by atoms with Gasteiger partial charge in [0, 0.05) is 11.8 Å². The number of hydrogen-bond acceptors (Lipinski definition) is 2. The molecule has 0 amide bonds. The van der Waals surface area contributed by atoms with Crippen LogP contribution < -0.4 is 0 Å². The van der Waals surface area contributed by atoms with Gasteiger partial charge < -0.3 is 9.53 Å². The summed E-state index contributed by atoms with van der Waals surface area (Å²) in [5.41, 5.74) is 0.914. The second-order valence-electron chi connectivity index (χ2n) is 4.62. The molecule has 2 nitrogen and oxygen atoms in total. The number of ether oxygens (including phenoxy) is 1. The molecule has 0 heterocycles. The van der Waals surface area contributed by atoms with Gasteiger partial charge in [0.15, 0.2) is 0 Å². The molecule has 1 aliphatic rings. The van der Waals surface area contributed by atoms with Gasteiger partial charge in [0.1, 0.15) is 6.29 Å². The van der Waals surface area contributed by atoms with Crippen molar-refractivity contribution in [1.82, 2.24) is 0 Å². The van der Waals surface area contributed by atoms with E-state index in [0.717, 1.165) is 18.3 Å². The fraction of sp³-hybridized carbons (Fsp3) is 0.312. The van der Waals surface area contributed by atoms with Crippen molar-refractivity contribution in [3.63, 3.8) is 0 Å². The average molecular weight is 242 g/mol. The number of benzene rings is 1. The van der Waals surface area contributed by atoms with Crippen LogP contribution in [-0.2, 0) is 16.1 Å². The van der Waals surface area contributed by atoms with E-state index in [9.17, 15) is 4.79 Å². The van der Waals surface area contributed by atoms with Gasteiger partial charge in [-0.3, -0.25) is 0 Å². The maximum atomic E-state index is 10.8. The van der Waals surface area contributed by atoms with Crippen LogP contribution in [0.5, 0.6) is 0 Å². The van der Waals surface area contributed by atoms with Gasteiger partial charge in [-0.1, -0.05) is 54.6 Å². The van der Waals surface area contributed by atoms with E-state index in [2.05, 4.69) is 24.3 Å². The van der Waals surface area contributed by atoms with Gasteiger partial charge in [0.05, 0.1) is 13.2 Å². The second-order valence-corrected chi connectivity index (χ2v) is 4.62. The predicted octanol–water partition coefficient (Wildman–Crippen LogP) is 3.29. The van der Waals surface area contributed by atoms with Crippen molar-refractivity contribution in [3.8, 4) is 0 Å². The summed E-state index contributed by atoms with van der Waals surface area (Å²) in [6, 6.07) is 10.1. The molecule has 0 aromatic heterocycles. The average Bonchev–Trinajstić information content (AvgIpc) is 2.41. The number of carbonyl (C=O) groups is 1. The molecular weight excluding hydrogens is 224 g/mol. The van der Waals surface area contributed by atoms with Crippen LogP contribution in [0.4, 0.5) is 0 Å². The first-order valence-corrected chi connectivity index (χ1v) is 6.25. The number of hydrogen-bond donors (Lipinski definition) is 0. The normalized spacial score (nSPS) is 16.7. The number of allylic oxidation sites excluding steroid dienone is 2. The topological polar surface area (TPSA) is 26.3 Å². The summed E-state index contributed by atoms with van der Waals surface area (Å²) in [4.78, 5) is 10.8. The quantitative estimate of drug-likeness (QED) is 0.565. The third-order valence-corrected chi connectivity index (χ3v) is 3.12. The lowest BCUT2D eigenvalue weighted by Gasteiger charge is -2.27. The van der Waals surface area contributed by atoms with E-state index in [1.165, 1.54) is 0 Å². The Bertz CT molecular complexity index is 420. The number of aldehydes is 1. The fourth-order valence-electron chi connectivity index (χ4n) is 2.12. The molecule has 18 heavy (non-hydrogen) atoms. The molecule has 1 aliphatic carbocycles. The zero-order valence-corrected chi connectivity index (χ0v) is 10.4. The Balaban J connectivity index is 1.90. The van der Waals surface area contributed by atoms with Crippen molar-refractivity contribution in [1.29, 1.82) is 0 Å². The Morgan fingerprint density at radius 1 is 1.17 bits per heavy atom. The van der Waals surface area contributed by atoms with E-state index in [-0.39, 0.29) is 5.41 Å². The SMILES string of the molecule is O=CCC1(COCc2ccccc2)C=CCC=C1. The second kappa shape index (κ2) is 6.31. The van der Waals surface area contributed by atoms with Crippen LogP contribution in [0.3, 0.4) is 0 Å². The van der Waals surface area contributed by atoms with Gasteiger partial charge in [0.2, 0.25) is 0 Å². The van der Waals surface area contributed by atoms with Gasteiger partial charge in [-0.2, -0.15) is 0 Å². The molecule has 0 atom stereocenters. The molecule has 1 aromatic carbocycles. The summed E-state index contributed by atoms with van der Waals surface area (Å²) in [5.74, 6) is 0. The molecule has 2 heteroatoms. The van der Waals surface area contributed by atoms with E-state index >= 15 is 0 Å². The lowest BCUT2D eigenvalue weighted by Crippen LogP contribution is -2.24. The molecule has 0 saturated carbocycles. The summed E-state index contributed by atoms with van der Waals surface area (Å²) in [5, 5.41) is 0. The van der Waals surface area contributed by atoms with Crippen LogP contribution in [0.1, 0.15) is 18.4 Å². The minimum atomic E-state index is -0.241. The Kier molecular flexibility index (Phi) is 4.48. The van der Waals surface area contributed by atoms with Crippen LogP contribution in [0.2, 0.25) is 0 Å². The first kappa shape index (κ1) is 12.8.